The molecule has 1 aromatic carbocycles. The summed E-state index contributed by atoms with van der Waals surface area (Å²) in [4.78, 5) is 0. The highest BCUT2D eigenvalue weighted by atomic mass is 19.1. The predicted molar refractivity (Wildman–Crippen MR) is 46.7 cm³/mol. The summed E-state index contributed by atoms with van der Waals surface area (Å²) in [7, 11) is 0. The maximum atomic E-state index is 12.8. The summed E-state index contributed by atoms with van der Waals surface area (Å²) in [5, 5.41) is 0. The van der Waals surface area contributed by atoms with Gasteiger partial charge in [-0.1, -0.05) is 0 Å². The van der Waals surface area contributed by atoms with E-state index < -0.39 is 5.82 Å². The van der Waals surface area contributed by atoms with Crippen molar-refractivity contribution in [2.24, 2.45) is 0 Å². The van der Waals surface area contributed by atoms with Crippen molar-refractivity contribution in [2.75, 3.05) is 12.3 Å². The first-order chi connectivity index (χ1) is 5.65. The van der Waals surface area contributed by atoms with E-state index in [9.17, 15) is 4.39 Å². The fraction of sp³-hybridized carbons (Fsp3) is 0.333. The first kappa shape index (κ1) is 8.84. The van der Waals surface area contributed by atoms with Crippen LogP contribution in [0.4, 0.5) is 10.1 Å². The van der Waals surface area contributed by atoms with Crippen molar-refractivity contribution in [1.29, 1.82) is 0 Å². The lowest BCUT2D eigenvalue weighted by atomic mass is 10.2. The number of nitrogen functional groups attached to an aromatic ring is 1. The van der Waals surface area contributed by atoms with Crippen LogP contribution < -0.4 is 10.5 Å². The Labute approximate surface area is 71.1 Å². The molecule has 66 valence electrons. The van der Waals surface area contributed by atoms with Crippen LogP contribution in [0.5, 0.6) is 5.75 Å². The molecule has 0 unspecified atom stereocenters. The maximum absolute atomic E-state index is 12.8. The van der Waals surface area contributed by atoms with Gasteiger partial charge in [-0.15, -0.1) is 0 Å². The molecule has 2 N–H and O–H groups in total. The molecule has 0 saturated heterocycles. The molecule has 0 aliphatic rings. The third kappa shape index (κ3) is 1.67. The Kier molecular flexibility index (Phi) is 2.53. The van der Waals surface area contributed by atoms with Crippen molar-refractivity contribution in [3.8, 4) is 5.75 Å². The van der Waals surface area contributed by atoms with Gasteiger partial charge in [0.1, 0.15) is 11.6 Å². The third-order valence-electron chi connectivity index (χ3n) is 1.59. The Bertz CT molecular complexity index is 286. The lowest BCUT2D eigenvalue weighted by Crippen LogP contribution is -1.97. The average molecular weight is 169 g/mol. The van der Waals surface area contributed by atoms with E-state index in [2.05, 4.69) is 0 Å². The first-order valence-corrected chi connectivity index (χ1v) is 3.83. The number of ether oxygens (including phenoxy) is 1. The Morgan fingerprint density at radius 1 is 1.50 bits per heavy atom. The van der Waals surface area contributed by atoms with Crippen molar-refractivity contribution < 1.29 is 9.13 Å². The number of aryl methyl sites for hydroxylation is 1. The summed E-state index contributed by atoms with van der Waals surface area (Å²) in [6, 6.07) is 2.88. The first-order valence-electron chi connectivity index (χ1n) is 3.83. The zero-order valence-electron chi connectivity index (χ0n) is 7.23. The molecule has 1 rings (SSSR count). The van der Waals surface area contributed by atoms with Gasteiger partial charge < -0.3 is 10.5 Å². The summed E-state index contributed by atoms with van der Waals surface area (Å²) in [5.74, 6) is 0.257. The molecule has 0 aromatic heterocycles. The van der Waals surface area contributed by atoms with Gasteiger partial charge in [-0.3, -0.25) is 0 Å². The zero-order chi connectivity index (χ0) is 9.14. The standard InChI is InChI=1S/C9H12FNO/c1-3-12-9-5-8(11)7(10)4-6(9)2/h4-5H,3,11H2,1-2H3. The van der Waals surface area contributed by atoms with Crippen molar-refractivity contribution in [3.63, 3.8) is 0 Å². The van der Waals surface area contributed by atoms with Crippen LogP contribution >= 0.6 is 0 Å². The molecule has 12 heavy (non-hydrogen) atoms. The average Bonchev–Trinajstić information content (AvgIpc) is 2.01. The number of nitrogens with two attached hydrogens (primary N) is 1. The van der Waals surface area contributed by atoms with Gasteiger partial charge in [0.2, 0.25) is 0 Å². The summed E-state index contributed by atoms with van der Waals surface area (Å²) in [5.41, 5.74) is 6.26. The monoisotopic (exact) mass is 169 g/mol. The SMILES string of the molecule is CCOc1cc(N)c(F)cc1C. The molecule has 0 radical (unpaired) electrons. The fourth-order valence-electron chi connectivity index (χ4n) is 0.980. The number of hydrogen-bond donors (Lipinski definition) is 1. The quantitative estimate of drug-likeness (QED) is 0.688. The third-order valence-corrected chi connectivity index (χ3v) is 1.59. The van der Waals surface area contributed by atoms with Crippen LogP contribution in [-0.2, 0) is 0 Å². The van der Waals surface area contributed by atoms with Crippen LogP contribution in [0.3, 0.4) is 0 Å². The van der Waals surface area contributed by atoms with E-state index in [1.807, 2.05) is 6.92 Å². The molecule has 3 heteroatoms. The molecule has 0 amide bonds. The highest BCUT2D eigenvalue weighted by Gasteiger charge is 2.04. The second kappa shape index (κ2) is 3.43. The van der Waals surface area contributed by atoms with E-state index in [4.69, 9.17) is 10.5 Å². The van der Waals surface area contributed by atoms with Crippen molar-refractivity contribution in [2.45, 2.75) is 13.8 Å². The molecule has 0 bridgehead atoms. The second-order valence-corrected chi connectivity index (χ2v) is 2.57. The molecule has 0 spiro atoms. The van der Waals surface area contributed by atoms with E-state index in [0.29, 0.717) is 12.4 Å². The van der Waals surface area contributed by atoms with Crippen LogP contribution in [0.25, 0.3) is 0 Å². The van der Waals surface area contributed by atoms with Crippen LogP contribution in [0.1, 0.15) is 12.5 Å². The van der Waals surface area contributed by atoms with Gasteiger partial charge in [0.15, 0.2) is 0 Å². The summed E-state index contributed by atoms with van der Waals surface area (Å²) < 4.78 is 18.0. The summed E-state index contributed by atoms with van der Waals surface area (Å²) >= 11 is 0. The van der Waals surface area contributed by atoms with E-state index >= 15 is 0 Å². The highest BCUT2D eigenvalue weighted by Crippen LogP contribution is 2.23. The van der Waals surface area contributed by atoms with Gasteiger partial charge in [-0.05, 0) is 25.5 Å². The van der Waals surface area contributed by atoms with Crippen LogP contribution in [-0.4, -0.2) is 6.61 Å². The number of hydrogen-bond acceptors (Lipinski definition) is 2. The second-order valence-electron chi connectivity index (χ2n) is 2.57. The Balaban J connectivity index is 3.05. The highest BCUT2D eigenvalue weighted by molar-refractivity contribution is 5.49. The normalized spacial score (nSPS) is 9.92. The van der Waals surface area contributed by atoms with E-state index in [1.54, 1.807) is 6.92 Å². The molecule has 0 fully saturated rings. The van der Waals surface area contributed by atoms with E-state index in [1.165, 1.54) is 12.1 Å². The molecule has 0 heterocycles. The molecule has 0 atom stereocenters. The van der Waals surface area contributed by atoms with Gasteiger partial charge in [-0.2, -0.15) is 0 Å². The number of anilines is 1. The summed E-state index contributed by atoms with van der Waals surface area (Å²) in [6.07, 6.45) is 0. The van der Waals surface area contributed by atoms with Gasteiger partial charge >= 0.3 is 0 Å². The molecule has 1 aromatic rings. The molecule has 0 aliphatic carbocycles. The largest absolute Gasteiger partial charge is 0.494 e. The molecule has 0 saturated carbocycles. The van der Waals surface area contributed by atoms with Crippen molar-refractivity contribution >= 4 is 5.69 Å². The Hall–Kier alpha value is -1.25. The van der Waals surface area contributed by atoms with Crippen LogP contribution in [0, 0.1) is 12.7 Å². The molecule has 2 nitrogen and oxygen atoms in total. The lowest BCUT2D eigenvalue weighted by Gasteiger charge is -2.07. The Morgan fingerprint density at radius 2 is 2.17 bits per heavy atom. The molecule has 0 aliphatic heterocycles. The molecular formula is C9H12FNO. The minimum absolute atomic E-state index is 0.129. The number of benzene rings is 1. The maximum Gasteiger partial charge on any atom is 0.146 e. The number of halogens is 1. The van der Waals surface area contributed by atoms with Gasteiger partial charge in [0.05, 0.1) is 12.3 Å². The summed E-state index contributed by atoms with van der Waals surface area (Å²) in [6.45, 7) is 4.22. The number of rotatable bonds is 2. The van der Waals surface area contributed by atoms with Crippen molar-refractivity contribution in [1.82, 2.24) is 0 Å². The molecular weight excluding hydrogens is 157 g/mol. The fourth-order valence-corrected chi connectivity index (χ4v) is 0.980. The smallest absolute Gasteiger partial charge is 0.146 e. The van der Waals surface area contributed by atoms with Gasteiger partial charge in [-0.25, -0.2) is 4.39 Å². The van der Waals surface area contributed by atoms with Crippen LogP contribution in [0.2, 0.25) is 0 Å². The predicted octanol–water partition coefficient (Wildman–Crippen LogP) is 2.12. The Morgan fingerprint density at radius 3 is 2.75 bits per heavy atom. The van der Waals surface area contributed by atoms with E-state index in [0.717, 1.165) is 5.56 Å². The van der Waals surface area contributed by atoms with Crippen LogP contribution in [0.15, 0.2) is 12.1 Å². The minimum atomic E-state index is -0.393. The van der Waals surface area contributed by atoms with Gasteiger partial charge in [0, 0.05) is 6.07 Å². The zero-order valence-corrected chi connectivity index (χ0v) is 7.23. The lowest BCUT2D eigenvalue weighted by molar-refractivity contribution is 0.337. The minimum Gasteiger partial charge on any atom is -0.494 e. The van der Waals surface area contributed by atoms with Gasteiger partial charge in [0.25, 0.3) is 0 Å². The van der Waals surface area contributed by atoms with E-state index in [-0.39, 0.29) is 5.69 Å². The van der Waals surface area contributed by atoms with Crippen molar-refractivity contribution in [3.05, 3.63) is 23.5 Å². The topological polar surface area (TPSA) is 35.2 Å².